The summed E-state index contributed by atoms with van der Waals surface area (Å²) in [6, 6.07) is 8.84. The monoisotopic (exact) mass is 343 g/mol. The number of benzene rings is 1. The molecule has 1 aromatic carbocycles. The van der Waals surface area contributed by atoms with Crippen LogP contribution in [0.15, 0.2) is 41.4 Å². The zero-order valence-corrected chi connectivity index (χ0v) is 14.2. The van der Waals surface area contributed by atoms with Crippen LogP contribution in [0, 0.1) is 0 Å². The summed E-state index contributed by atoms with van der Waals surface area (Å²) in [4.78, 5) is 31.0. The van der Waals surface area contributed by atoms with E-state index in [1.807, 2.05) is 6.07 Å². The fourth-order valence-electron chi connectivity index (χ4n) is 2.36. The van der Waals surface area contributed by atoms with Gasteiger partial charge in [-0.2, -0.15) is 0 Å². The Morgan fingerprint density at radius 2 is 2.17 bits per heavy atom. The molecule has 1 aliphatic rings. The largest absolute Gasteiger partial charge is 0.481 e. The molecule has 24 heavy (non-hydrogen) atoms. The minimum atomic E-state index is -0.173. The number of hydrogen-bond donors (Lipinski definition) is 1. The molecule has 0 atom stereocenters. The van der Waals surface area contributed by atoms with E-state index in [4.69, 9.17) is 4.74 Å². The highest BCUT2D eigenvalue weighted by Crippen LogP contribution is 2.32. The van der Waals surface area contributed by atoms with E-state index in [2.05, 4.69) is 10.3 Å². The molecule has 1 aromatic heterocycles. The number of methoxy groups -OCH3 is 1. The third-order valence-electron chi connectivity index (χ3n) is 3.71. The van der Waals surface area contributed by atoms with Crippen molar-refractivity contribution in [2.75, 3.05) is 30.1 Å². The average Bonchev–Trinajstić information content (AvgIpc) is 2.80. The van der Waals surface area contributed by atoms with E-state index < -0.39 is 0 Å². The lowest BCUT2D eigenvalue weighted by Gasteiger charge is -2.18. The van der Waals surface area contributed by atoms with Crippen molar-refractivity contribution >= 4 is 35.0 Å². The van der Waals surface area contributed by atoms with Crippen LogP contribution in [-0.2, 0) is 4.79 Å². The molecule has 1 aliphatic heterocycles. The van der Waals surface area contributed by atoms with E-state index in [-0.39, 0.29) is 11.8 Å². The number of hydrogen-bond acceptors (Lipinski definition) is 5. The summed E-state index contributed by atoms with van der Waals surface area (Å²) < 4.78 is 5.02. The van der Waals surface area contributed by atoms with Gasteiger partial charge in [0.25, 0.3) is 5.91 Å². The summed E-state index contributed by atoms with van der Waals surface area (Å²) in [5.74, 6) is 1.03. The highest BCUT2D eigenvalue weighted by Gasteiger charge is 2.18. The Hall–Kier alpha value is -2.54. The van der Waals surface area contributed by atoms with Gasteiger partial charge in [-0.1, -0.05) is 0 Å². The number of fused-ring (bicyclic) bond motifs is 1. The van der Waals surface area contributed by atoms with Crippen molar-refractivity contribution < 1.29 is 14.3 Å². The number of ether oxygens (including phenoxy) is 1. The van der Waals surface area contributed by atoms with Gasteiger partial charge in [0.2, 0.25) is 11.8 Å². The van der Waals surface area contributed by atoms with Crippen LogP contribution >= 0.6 is 11.8 Å². The van der Waals surface area contributed by atoms with Crippen molar-refractivity contribution in [3.8, 4) is 5.88 Å². The number of carbonyl (C=O) groups excluding carboxylic acids is 2. The molecular weight excluding hydrogens is 326 g/mol. The number of aromatic nitrogens is 1. The minimum absolute atomic E-state index is 0.0291. The molecule has 0 saturated heterocycles. The Bertz CT molecular complexity index is 777. The zero-order valence-electron chi connectivity index (χ0n) is 13.4. The maximum atomic E-state index is 12.7. The highest BCUT2D eigenvalue weighted by molar-refractivity contribution is 7.99. The Morgan fingerprint density at radius 1 is 1.33 bits per heavy atom. The third kappa shape index (κ3) is 3.35. The van der Waals surface area contributed by atoms with Gasteiger partial charge in [0.15, 0.2) is 0 Å². The predicted molar refractivity (Wildman–Crippen MR) is 93.9 cm³/mol. The number of nitrogens with one attached hydrogen (secondary N) is 1. The van der Waals surface area contributed by atoms with E-state index in [1.165, 1.54) is 4.90 Å². The second-order valence-corrected chi connectivity index (χ2v) is 6.42. The molecule has 0 unspecified atom stereocenters. The molecule has 3 rings (SSSR count). The molecule has 2 amide bonds. The minimum Gasteiger partial charge on any atom is -0.481 e. The molecule has 124 valence electrons. The topological polar surface area (TPSA) is 71.5 Å². The van der Waals surface area contributed by atoms with Crippen LogP contribution in [0.25, 0.3) is 0 Å². The Kier molecular flexibility index (Phi) is 4.71. The highest BCUT2D eigenvalue weighted by atomic mass is 32.2. The maximum absolute atomic E-state index is 12.7. The Morgan fingerprint density at radius 3 is 2.88 bits per heavy atom. The van der Waals surface area contributed by atoms with Crippen molar-refractivity contribution in [1.82, 2.24) is 4.98 Å². The number of thioether (sulfide) groups is 1. The van der Waals surface area contributed by atoms with Crippen LogP contribution in [0.3, 0.4) is 0 Å². The van der Waals surface area contributed by atoms with E-state index in [0.717, 1.165) is 10.6 Å². The van der Waals surface area contributed by atoms with E-state index in [1.54, 1.807) is 56.4 Å². The van der Waals surface area contributed by atoms with Gasteiger partial charge in [0, 0.05) is 35.7 Å². The first-order valence-corrected chi connectivity index (χ1v) is 8.42. The molecule has 0 spiro atoms. The van der Waals surface area contributed by atoms with E-state index >= 15 is 0 Å². The molecule has 0 aliphatic carbocycles. The molecule has 2 aromatic rings. The van der Waals surface area contributed by atoms with E-state index in [9.17, 15) is 9.59 Å². The van der Waals surface area contributed by atoms with Crippen LogP contribution in [0.2, 0.25) is 0 Å². The van der Waals surface area contributed by atoms with Gasteiger partial charge in [-0.25, -0.2) is 4.98 Å². The van der Waals surface area contributed by atoms with E-state index in [0.29, 0.717) is 29.2 Å². The fourth-order valence-corrected chi connectivity index (χ4v) is 3.29. The number of anilines is 2. The number of rotatable bonds is 3. The summed E-state index contributed by atoms with van der Waals surface area (Å²) in [6.45, 7) is 0. The first-order chi connectivity index (χ1) is 11.6. The SMILES string of the molecule is COc1ccc(N(C)C(=O)c2ccc3c(c2)NC(=O)CCS3)cn1. The van der Waals surface area contributed by atoms with Crippen molar-refractivity contribution in [3.63, 3.8) is 0 Å². The average molecular weight is 343 g/mol. The molecule has 6 nitrogen and oxygen atoms in total. The lowest BCUT2D eigenvalue weighted by molar-refractivity contribution is -0.115. The van der Waals surface area contributed by atoms with Crippen LogP contribution in [0.5, 0.6) is 5.88 Å². The fraction of sp³-hybridized carbons (Fsp3) is 0.235. The summed E-state index contributed by atoms with van der Waals surface area (Å²) in [5, 5.41) is 2.85. The summed E-state index contributed by atoms with van der Waals surface area (Å²) in [7, 11) is 3.23. The number of amides is 2. The molecule has 0 radical (unpaired) electrons. The summed E-state index contributed by atoms with van der Waals surface area (Å²) in [5.41, 5.74) is 1.86. The van der Waals surface area contributed by atoms with Gasteiger partial charge in [-0.05, 0) is 24.3 Å². The number of pyridine rings is 1. The quantitative estimate of drug-likeness (QED) is 0.928. The molecular formula is C17H17N3O3S. The first-order valence-electron chi connectivity index (χ1n) is 7.43. The number of nitrogens with zero attached hydrogens (tertiary/aromatic N) is 2. The zero-order chi connectivity index (χ0) is 17.1. The van der Waals surface area contributed by atoms with Gasteiger partial charge in [-0.3, -0.25) is 9.59 Å². The smallest absolute Gasteiger partial charge is 0.258 e. The predicted octanol–water partition coefficient (Wildman–Crippen LogP) is 2.80. The molecule has 0 fully saturated rings. The van der Waals surface area contributed by atoms with Crippen molar-refractivity contribution in [2.45, 2.75) is 11.3 Å². The van der Waals surface area contributed by atoms with Crippen LogP contribution in [0.1, 0.15) is 16.8 Å². The lowest BCUT2D eigenvalue weighted by Crippen LogP contribution is -2.26. The van der Waals surface area contributed by atoms with Gasteiger partial charge in [0.05, 0.1) is 24.7 Å². The van der Waals surface area contributed by atoms with Gasteiger partial charge in [-0.15, -0.1) is 11.8 Å². The van der Waals surface area contributed by atoms with Crippen LogP contribution < -0.4 is 15.0 Å². The first kappa shape index (κ1) is 16.3. The van der Waals surface area contributed by atoms with Crippen molar-refractivity contribution in [1.29, 1.82) is 0 Å². The van der Waals surface area contributed by atoms with Crippen LogP contribution in [0.4, 0.5) is 11.4 Å². The molecule has 1 N–H and O–H groups in total. The van der Waals surface area contributed by atoms with Gasteiger partial charge < -0.3 is 15.0 Å². The Labute approximate surface area is 144 Å². The molecule has 2 heterocycles. The van der Waals surface area contributed by atoms with Crippen molar-refractivity contribution in [3.05, 3.63) is 42.1 Å². The molecule has 0 saturated carbocycles. The second kappa shape index (κ2) is 6.92. The summed E-state index contributed by atoms with van der Waals surface area (Å²) in [6.07, 6.45) is 2.05. The second-order valence-electron chi connectivity index (χ2n) is 5.28. The standard InChI is InChI=1S/C17H17N3O3S/c1-20(12-4-6-16(23-2)18-10-12)17(22)11-3-5-14-13(9-11)19-15(21)7-8-24-14/h3-6,9-10H,7-8H2,1-2H3,(H,19,21). The van der Waals surface area contributed by atoms with Gasteiger partial charge >= 0.3 is 0 Å². The normalized spacial score (nSPS) is 13.5. The summed E-state index contributed by atoms with van der Waals surface area (Å²) >= 11 is 1.61. The lowest BCUT2D eigenvalue weighted by atomic mass is 10.1. The van der Waals surface area contributed by atoms with Crippen LogP contribution in [-0.4, -0.2) is 36.7 Å². The van der Waals surface area contributed by atoms with Crippen molar-refractivity contribution in [2.24, 2.45) is 0 Å². The maximum Gasteiger partial charge on any atom is 0.258 e. The third-order valence-corrected chi connectivity index (χ3v) is 4.78. The van der Waals surface area contributed by atoms with Gasteiger partial charge in [0.1, 0.15) is 0 Å². The molecule has 7 heteroatoms. The Balaban J connectivity index is 1.85. The number of carbonyl (C=O) groups is 2. The molecule has 0 bridgehead atoms.